The maximum atomic E-state index is 5.47. The molecular weight excluding hydrogens is 290 g/mol. The molecule has 20 heavy (non-hydrogen) atoms. The van der Waals surface area contributed by atoms with Crippen LogP contribution in [0.1, 0.15) is 44.7 Å². The predicted octanol–water partition coefficient (Wildman–Crippen LogP) is 3.16. The van der Waals surface area contributed by atoms with Crippen LogP contribution in [0.3, 0.4) is 0 Å². The Bertz CT molecular complexity index is 411. The third-order valence-corrected chi connectivity index (χ3v) is 6.68. The highest BCUT2D eigenvalue weighted by Gasteiger charge is 2.29. The number of thioether (sulfide) groups is 2. The third-order valence-electron chi connectivity index (χ3n) is 3.59. The second kappa shape index (κ2) is 7.71. The molecule has 0 bridgehead atoms. The van der Waals surface area contributed by atoms with E-state index in [-0.39, 0.29) is 0 Å². The molecular formula is C14H25N3OS2. The van der Waals surface area contributed by atoms with Crippen LogP contribution in [0.2, 0.25) is 0 Å². The molecule has 2 rings (SSSR count). The van der Waals surface area contributed by atoms with Crippen molar-refractivity contribution in [1.82, 2.24) is 15.5 Å². The summed E-state index contributed by atoms with van der Waals surface area (Å²) in [4.78, 5) is 4.64. The van der Waals surface area contributed by atoms with Gasteiger partial charge in [-0.2, -0.15) is 16.7 Å². The lowest BCUT2D eigenvalue weighted by Crippen LogP contribution is -2.35. The zero-order valence-corrected chi connectivity index (χ0v) is 14.4. The lowest BCUT2D eigenvalue weighted by molar-refractivity contribution is 0.327. The Balaban J connectivity index is 2.00. The highest BCUT2D eigenvalue weighted by Crippen LogP contribution is 2.41. The molecule has 1 saturated heterocycles. The van der Waals surface area contributed by atoms with Gasteiger partial charge in [-0.05, 0) is 12.5 Å². The highest BCUT2D eigenvalue weighted by molar-refractivity contribution is 8.06. The number of rotatable bonds is 6. The summed E-state index contributed by atoms with van der Waals surface area (Å²) in [6.45, 7) is 9.80. The number of nitrogens with zero attached hydrogens (tertiary/aromatic N) is 2. The Labute approximate surface area is 130 Å². The summed E-state index contributed by atoms with van der Waals surface area (Å²) in [7, 11) is 0. The summed E-state index contributed by atoms with van der Waals surface area (Å²) in [5.41, 5.74) is 0. The average Bonchev–Trinajstić information content (AvgIpc) is 2.87. The van der Waals surface area contributed by atoms with Crippen LogP contribution in [-0.4, -0.2) is 39.5 Å². The minimum atomic E-state index is 0.378. The minimum absolute atomic E-state index is 0.378. The summed E-state index contributed by atoms with van der Waals surface area (Å²) in [6.07, 6.45) is 0.817. The number of hydrogen-bond donors (Lipinski definition) is 1. The average molecular weight is 316 g/mol. The van der Waals surface area contributed by atoms with Gasteiger partial charge in [0, 0.05) is 29.2 Å². The van der Waals surface area contributed by atoms with Crippen LogP contribution in [0.25, 0.3) is 0 Å². The van der Waals surface area contributed by atoms with Crippen molar-refractivity contribution in [1.29, 1.82) is 0 Å². The number of likely N-dealkylation sites (N-methyl/N-ethyl adjacent to an activating group) is 1. The van der Waals surface area contributed by atoms with Gasteiger partial charge in [0.2, 0.25) is 5.89 Å². The lowest BCUT2D eigenvalue weighted by Gasteiger charge is -2.24. The molecule has 1 aliphatic heterocycles. The third kappa shape index (κ3) is 4.15. The first kappa shape index (κ1) is 16.2. The normalized spacial score (nSPS) is 25.1. The second-order valence-electron chi connectivity index (χ2n) is 5.53. The fraction of sp³-hybridized carbons (Fsp3) is 0.857. The molecule has 1 N–H and O–H groups in total. The zero-order valence-electron chi connectivity index (χ0n) is 12.8. The lowest BCUT2D eigenvalue weighted by atomic mass is 10.0. The molecule has 3 atom stereocenters. The fourth-order valence-electron chi connectivity index (χ4n) is 2.38. The molecule has 0 spiro atoms. The van der Waals surface area contributed by atoms with Gasteiger partial charge in [-0.15, -0.1) is 11.8 Å². The van der Waals surface area contributed by atoms with E-state index in [2.05, 4.69) is 43.2 Å². The Morgan fingerprint density at radius 2 is 2.10 bits per heavy atom. The Hall–Kier alpha value is -0.200. The van der Waals surface area contributed by atoms with E-state index in [1.54, 1.807) is 0 Å². The van der Waals surface area contributed by atoms with Crippen molar-refractivity contribution in [3.63, 3.8) is 0 Å². The van der Waals surface area contributed by atoms with Gasteiger partial charge in [0.25, 0.3) is 0 Å². The fourth-order valence-corrected chi connectivity index (χ4v) is 5.06. The monoisotopic (exact) mass is 315 g/mol. The number of nitrogens with one attached hydrogen (secondary N) is 1. The molecule has 0 amide bonds. The van der Waals surface area contributed by atoms with Crippen LogP contribution in [-0.2, 0) is 6.42 Å². The van der Waals surface area contributed by atoms with Gasteiger partial charge < -0.3 is 9.84 Å². The van der Waals surface area contributed by atoms with Crippen LogP contribution in [0.4, 0.5) is 0 Å². The topological polar surface area (TPSA) is 51.0 Å². The van der Waals surface area contributed by atoms with Crippen molar-refractivity contribution >= 4 is 23.5 Å². The summed E-state index contributed by atoms with van der Waals surface area (Å²) < 4.78 is 5.47. The molecule has 1 aliphatic rings. The maximum Gasteiger partial charge on any atom is 0.228 e. The van der Waals surface area contributed by atoms with E-state index >= 15 is 0 Å². The summed E-state index contributed by atoms with van der Waals surface area (Å²) >= 11 is 3.95. The van der Waals surface area contributed by atoms with Gasteiger partial charge in [-0.3, -0.25) is 0 Å². The van der Waals surface area contributed by atoms with Crippen LogP contribution < -0.4 is 5.32 Å². The number of aromatic nitrogens is 2. The molecule has 0 saturated carbocycles. The molecule has 1 aromatic rings. The zero-order chi connectivity index (χ0) is 14.5. The van der Waals surface area contributed by atoms with Crippen molar-refractivity contribution in [3.8, 4) is 0 Å². The molecule has 3 unspecified atom stereocenters. The van der Waals surface area contributed by atoms with Gasteiger partial charge in [0.1, 0.15) is 0 Å². The molecule has 0 radical (unpaired) electrons. The SMILES string of the molecule is CCNC(Cc1nc(C2SCCSC2C)no1)C(C)C. The molecule has 6 heteroatoms. The van der Waals surface area contributed by atoms with E-state index in [0.717, 1.165) is 24.7 Å². The first-order chi connectivity index (χ1) is 9.61. The predicted molar refractivity (Wildman–Crippen MR) is 87.4 cm³/mol. The van der Waals surface area contributed by atoms with Gasteiger partial charge in [-0.1, -0.05) is 32.9 Å². The molecule has 2 heterocycles. The van der Waals surface area contributed by atoms with E-state index in [1.807, 2.05) is 23.5 Å². The second-order valence-corrected chi connectivity index (χ2v) is 8.26. The van der Waals surface area contributed by atoms with Crippen molar-refractivity contribution in [2.24, 2.45) is 5.92 Å². The van der Waals surface area contributed by atoms with Gasteiger partial charge in [0.05, 0.1) is 5.25 Å². The summed E-state index contributed by atoms with van der Waals surface area (Å²) in [5.74, 6) is 4.61. The highest BCUT2D eigenvalue weighted by atomic mass is 32.2. The van der Waals surface area contributed by atoms with E-state index in [4.69, 9.17) is 4.52 Å². The van der Waals surface area contributed by atoms with E-state index in [0.29, 0.717) is 22.5 Å². The van der Waals surface area contributed by atoms with Crippen LogP contribution in [0, 0.1) is 5.92 Å². The standard InChI is InChI=1S/C14H25N3OS2/c1-5-15-11(9(2)3)8-12-16-14(17-18-12)13-10(4)19-6-7-20-13/h9-11,13,15H,5-8H2,1-4H3. The molecule has 0 aromatic carbocycles. The van der Waals surface area contributed by atoms with Gasteiger partial charge in [-0.25, -0.2) is 0 Å². The van der Waals surface area contributed by atoms with E-state index < -0.39 is 0 Å². The molecule has 114 valence electrons. The largest absolute Gasteiger partial charge is 0.339 e. The molecule has 1 aromatic heterocycles. The van der Waals surface area contributed by atoms with E-state index in [9.17, 15) is 0 Å². The van der Waals surface area contributed by atoms with Crippen LogP contribution >= 0.6 is 23.5 Å². The Morgan fingerprint density at radius 3 is 2.75 bits per heavy atom. The first-order valence-electron chi connectivity index (χ1n) is 7.40. The van der Waals surface area contributed by atoms with Crippen molar-refractivity contribution in [3.05, 3.63) is 11.7 Å². The molecule has 0 aliphatic carbocycles. The van der Waals surface area contributed by atoms with E-state index in [1.165, 1.54) is 11.5 Å². The first-order valence-corrected chi connectivity index (χ1v) is 9.50. The van der Waals surface area contributed by atoms with Crippen molar-refractivity contribution in [2.45, 2.75) is 50.7 Å². The van der Waals surface area contributed by atoms with Crippen LogP contribution in [0.15, 0.2) is 4.52 Å². The smallest absolute Gasteiger partial charge is 0.228 e. The van der Waals surface area contributed by atoms with Gasteiger partial charge >= 0.3 is 0 Å². The van der Waals surface area contributed by atoms with Crippen LogP contribution in [0.5, 0.6) is 0 Å². The number of hydrogen-bond acceptors (Lipinski definition) is 6. The van der Waals surface area contributed by atoms with Crippen molar-refractivity contribution in [2.75, 3.05) is 18.1 Å². The maximum absolute atomic E-state index is 5.47. The Morgan fingerprint density at radius 1 is 1.35 bits per heavy atom. The summed E-state index contributed by atoms with van der Waals surface area (Å²) in [6, 6.07) is 0.402. The van der Waals surface area contributed by atoms with Crippen molar-refractivity contribution < 1.29 is 4.52 Å². The molecule has 4 nitrogen and oxygen atoms in total. The summed E-state index contributed by atoms with van der Waals surface area (Å²) in [5, 5.41) is 8.65. The van der Waals surface area contributed by atoms with Gasteiger partial charge in [0.15, 0.2) is 5.82 Å². The minimum Gasteiger partial charge on any atom is -0.339 e. The quantitative estimate of drug-likeness (QED) is 0.870. The molecule has 1 fully saturated rings. The Kier molecular flexibility index (Phi) is 6.23.